The summed E-state index contributed by atoms with van der Waals surface area (Å²) in [7, 11) is 0. The molecule has 0 amide bonds. The molecule has 0 radical (unpaired) electrons. The van der Waals surface area contributed by atoms with Crippen molar-refractivity contribution in [1.29, 1.82) is 0 Å². The molecule has 0 aromatic carbocycles. The minimum absolute atomic E-state index is 0.163. The van der Waals surface area contributed by atoms with Gasteiger partial charge in [0.25, 0.3) is 0 Å². The van der Waals surface area contributed by atoms with Gasteiger partial charge < -0.3 is 0 Å². The van der Waals surface area contributed by atoms with Crippen molar-refractivity contribution < 1.29 is 9.78 Å². The Morgan fingerprint density at radius 1 is 0.923 bits per heavy atom. The standard InChI is InChI=1S/C11H24O2/c1-7-8-9-11(5,6)13-12-10(2,3)4/h7-9H2,1-6H3. The zero-order chi connectivity index (χ0) is 10.5. The van der Waals surface area contributed by atoms with Crippen LogP contribution in [-0.2, 0) is 9.78 Å². The van der Waals surface area contributed by atoms with Crippen LogP contribution in [0.1, 0.15) is 60.8 Å². The SMILES string of the molecule is CCCCC(C)(C)OOC(C)(C)C. The highest BCUT2D eigenvalue weighted by Crippen LogP contribution is 2.21. The topological polar surface area (TPSA) is 18.5 Å². The first-order chi connectivity index (χ1) is 5.77. The van der Waals surface area contributed by atoms with E-state index in [1.807, 2.05) is 20.8 Å². The Morgan fingerprint density at radius 2 is 1.46 bits per heavy atom. The highest BCUT2D eigenvalue weighted by Gasteiger charge is 2.22. The Morgan fingerprint density at radius 3 is 1.85 bits per heavy atom. The van der Waals surface area contributed by atoms with E-state index in [9.17, 15) is 0 Å². The maximum Gasteiger partial charge on any atom is 0.0980 e. The lowest BCUT2D eigenvalue weighted by molar-refractivity contribution is -0.398. The minimum Gasteiger partial charge on any atom is -0.230 e. The fraction of sp³-hybridized carbons (Fsp3) is 1.00. The molecule has 0 heterocycles. The lowest BCUT2D eigenvalue weighted by Gasteiger charge is -2.28. The number of hydrogen-bond acceptors (Lipinski definition) is 2. The van der Waals surface area contributed by atoms with Gasteiger partial charge in [-0.3, -0.25) is 0 Å². The highest BCUT2D eigenvalue weighted by molar-refractivity contribution is 4.66. The van der Waals surface area contributed by atoms with Gasteiger partial charge in [-0.1, -0.05) is 19.8 Å². The van der Waals surface area contributed by atoms with Crippen LogP contribution in [0.15, 0.2) is 0 Å². The third-order valence-electron chi connectivity index (χ3n) is 1.65. The van der Waals surface area contributed by atoms with E-state index in [-0.39, 0.29) is 11.2 Å². The van der Waals surface area contributed by atoms with Gasteiger partial charge in [-0.25, -0.2) is 9.78 Å². The summed E-state index contributed by atoms with van der Waals surface area (Å²) in [5, 5.41) is 0. The monoisotopic (exact) mass is 188 g/mol. The molecule has 0 fully saturated rings. The van der Waals surface area contributed by atoms with Crippen molar-refractivity contribution in [2.75, 3.05) is 0 Å². The normalized spacial score (nSPS) is 13.4. The van der Waals surface area contributed by atoms with E-state index < -0.39 is 0 Å². The average molecular weight is 188 g/mol. The molecule has 0 aromatic rings. The van der Waals surface area contributed by atoms with Crippen LogP contribution in [0.2, 0.25) is 0 Å². The quantitative estimate of drug-likeness (QED) is 0.484. The van der Waals surface area contributed by atoms with Crippen molar-refractivity contribution in [3.63, 3.8) is 0 Å². The molecule has 0 aliphatic rings. The summed E-state index contributed by atoms with van der Waals surface area (Å²) in [6.45, 7) is 12.3. The van der Waals surface area contributed by atoms with Gasteiger partial charge in [0, 0.05) is 0 Å². The number of rotatable bonds is 5. The highest BCUT2D eigenvalue weighted by atomic mass is 17.2. The van der Waals surface area contributed by atoms with Gasteiger partial charge in [0.05, 0.1) is 11.2 Å². The zero-order valence-electron chi connectivity index (χ0n) is 9.94. The van der Waals surface area contributed by atoms with Gasteiger partial charge in [0.2, 0.25) is 0 Å². The molecule has 0 aliphatic carbocycles. The van der Waals surface area contributed by atoms with Crippen molar-refractivity contribution >= 4 is 0 Å². The van der Waals surface area contributed by atoms with Gasteiger partial charge in [0.1, 0.15) is 0 Å². The van der Waals surface area contributed by atoms with Crippen LogP contribution < -0.4 is 0 Å². The summed E-state index contributed by atoms with van der Waals surface area (Å²) in [6, 6.07) is 0. The van der Waals surface area contributed by atoms with Gasteiger partial charge in [0.15, 0.2) is 0 Å². The Labute approximate surface area is 82.5 Å². The average Bonchev–Trinajstić information content (AvgIpc) is 1.97. The molecule has 0 N–H and O–H groups in total. The number of hydrogen-bond donors (Lipinski definition) is 0. The van der Waals surface area contributed by atoms with E-state index in [2.05, 4.69) is 20.8 Å². The van der Waals surface area contributed by atoms with Gasteiger partial charge >= 0.3 is 0 Å². The predicted molar refractivity (Wildman–Crippen MR) is 55.5 cm³/mol. The van der Waals surface area contributed by atoms with Crippen LogP contribution >= 0.6 is 0 Å². The molecule has 0 bridgehead atoms. The van der Waals surface area contributed by atoms with Crippen molar-refractivity contribution in [3.8, 4) is 0 Å². The van der Waals surface area contributed by atoms with Crippen molar-refractivity contribution in [3.05, 3.63) is 0 Å². The fourth-order valence-electron chi connectivity index (χ4n) is 0.882. The maximum atomic E-state index is 5.40. The van der Waals surface area contributed by atoms with Crippen LogP contribution in [0, 0.1) is 0 Å². The molecule has 0 spiro atoms. The summed E-state index contributed by atoms with van der Waals surface area (Å²) in [6.07, 6.45) is 3.42. The van der Waals surface area contributed by atoms with Crippen LogP contribution in [0.25, 0.3) is 0 Å². The molecule has 13 heavy (non-hydrogen) atoms. The molecule has 0 unspecified atom stereocenters. The van der Waals surface area contributed by atoms with Crippen molar-refractivity contribution in [1.82, 2.24) is 0 Å². The minimum atomic E-state index is -0.219. The smallest absolute Gasteiger partial charge is 0.0980 e. The van der Waals surface area contributed by atoms with Gasteiger partial charge in [-0.05, 0) is 41.0 Å². The molecule has 2 nitrogen and oxygen atoms in total. The van der Waals surface area contributed by atoms with E-state index >= 15 is 0 Å². The van der Waals surface area contributed by atoms with E-state index in [1.54, 1.807) is 0 Å². The van der Waals surface area contributed by atoms with Crippen LogP contribution in [-0.4, -0.2) is 11.2 Å². The van der Waals surface area contributed by atoms with Crippen LogP contribution in [0.4, 0.5) is 0 Å². The molecule has 0 aromatic heterocycles. The second-order valence-corrected chi connectivity index (χ2v) is 5.14. The van der Waals surface area contributed by atoms with E-state index in [1.165, 1.54) is 12.8 Å². The Kier molecular flexibility index (Phi) is 4.93. The van der Waals surface area contributed by atoms with E-state index in [0.717, 1.165) is 6.42 Å². The second kappa shape index (κ2) is 4.97. The van der Waals surface area contributed by atoms with Gasteiger partial charge in [-0.15, -0.1) is 0 Å². The zero-order valence-corrected chi connectivity index (χ0v) is 9.94. The third-order valence-corrected chi connectivity index (χ3v) is 1.65. The maximum absolute atomic E-state index is 5.40. The molecule has 80 valence electrons. The lowest BCUT2D eigenvalue weighted by atomic mass is 10.0. The summed E-state index contributed by atoms with van der Waals surface area (Å²) in [5.74, 6) is 0. The predicted octanol–water partition coefficient (Wildman–Crippen LogP) is 3.70. The summed E-state index contributed by atoms with van der Waals surface area (Å²) in [4.78, 5) is 10.7. The second-order valence-electron chi connectivity index (χ2n) is 5.14. The molecular formula is C11H24O2. The Hall–Kier alpha value is -0.0800. The van der Waals surface area contributed by atoms with Crippen molar-refractivity contribution in [2.24, 2.45) is 0 Å². The first-order valence-corrected chi connectivity index (χ1v) is 5.14. The third kappa shape index (κ3) is 8.26. The molecule has 2 heteroatoms. The molecular weight excluding hydrogens is 164 g/mol. The summed E-state index contributed by atoms with van der Waals surface area (Å²) < 4.78 is 0. The summed E-state index contributed by atoms with van der Waals surface area (Å²) >= 11 is 0. The van der Waals surface area contributed by atoms with Crippen LogP contribution in [0.3, 0.4) is 0 Å². The Bertz CT molecular complexity index is 134. The largest absolute Gasteiger partial charge is 0.230 e. The van der Waals surface area contributed by atoms with Gasteiger partial charge in [-0.2, -0.15) is 0 Å². The number of unbranched alkanes of at least 4 members (excludes halogenated alkanes) is 1. The molecule has 0 rings (SSSR count). The Balaban J connectivity index is 3.75. The first kappa shape index (κ1) is 12.9. The van der Waals surface area contributed by atoms with Crippen molar-refractivity contribution in [2.45, 2.75) is 72.0 Å². The first-order valence-electron chi connectivity index (χ1n) is 5.14. The summed E-state index contributed by atoms with van der Waals surface area (Å²) in [5.41, 5.74) is -0.382. The molecule has 0 atom stereocenters. The molecule has 0 saturated carbocycles. The lowest BCUT2D eigenvalue weighted by Crippen LogP contribution is -2.30. The fourth-order valence-corrected chi connectivity index (χ4v) is 0.882. The van der Waals surface area contributed by atoms with E-state index in [0.29, 0.717) is 0 Å². The molecule has 0 saturated heterocycles. The van der Waals surface area contributed by atoms with E-state index in [4.69, 9.17) is 9.78 Å². The van der Waals surface area contributed by atoms with Crippen LogP contribution in [0.5, 0.6) is 0 Å². The molecule has 0 aliphatic heterocycles.